The van der Waals surface area contributed by atoms with Crippen molar-refractivity contribution in [3.05, 3.63) is 89.0 Å². The van der Waals surface area contributed by atoms with Crippen molar-refractivity contribution in [2.24, 2.45) is 0 Å². The predicted octanol–water partition coefficient (Wildman–Crippen LogP) is 13.8. The first-order valence-electron chi connectivity index (χ1n) is 28.2. The summed E-state index contributed by atoms with van der Waals surface area (Å²) in [6.07, 6.45) is 1.74. The lowest BCUT2D eigenvalue weighted by molar-refractivity contribution is -0.0287. The van der Waals surface area contributed by atoms with Crippen molar-refractivity contribution in [2.45, 2.75) is 206 Å². The van der Waals surface area contributed by atoms with Crippen LogP contribution in [-0.4, -0.2) is 121 Å². The molecule has 17 heteroatoms. The molecular formula is C60H91N7O8Si2. The summed E-state index contributed by atoms with van der Waals surface area (Å²) in [5, 5.41) is 0. The van der Waals surface area contributed by atoms with Crippen LogP contribution in [0, 0.1) is 0 Å². The zero-order valence-electron chi connectivity index (χ0n) is 49.6. The lowest BCUT2D eigenvalue weighted by Crippen LogP contribution is -2.37. The molecule has 0 saturated carbocycles. The van der Waals surface area contributed by atoms with Crippen molar-refractivity contribution >= 4 is 56.1 Å². The number of imidazole rings is 2. The normalized spacial score (nSPS) is 21.8. The molecule has 77 heavy (non-hydrogen) atoms. The lowest BCUT2D eigenvalue weighted by atomic mass is 9.87. The number of ether oxygens (including phenoxy) is 6. The highest BCUT2D eigenvalue weighted by Crippen LogP contribution is 2.51. The molecule has 5 heterocycles. The Morgan fingerprint density at radius 1 is 0.584 bits per heavy atom. The average Bonchev–Trinajstić information content (AvgIpc) is 4.27. The minimum atomic E-state index is -1.39. The summed E-state index contributed by atoms with van der Waals surface area (Å²) in [4.78, 5) is 44.5. The summed E-state index contributed by atoms with van der Waals surface area (Å²) in [7, 11) is 0.812. The minimum absolute atomic E-state index is 0.0541. The zero-order chi connectivity index (χ0) is 56.0. The quantitative estimate of drug-likeness (QED) is 0.0650. The largest absolute Gasteiger partial charge is 0.444 e. The van der Waals surface area contributed by atoms with Crippen LogP contribution in [0.1, 0.15) is 141 Å². The second-order valence-corrected chi connectivity index (χ2v) is 38.4. The molecule has 0 aliphatic carbocycles. The Hall–Kier alpha value is -4.79. The number of likely N-dealkylation sites (tertiary alicyclic amines) is 2. The van der Waals surface area contributed by atoms with E-state index in [1.54, 1.807) is 14.2 Å². The van der Waals surface area contributed by atoms with Gasteiger partial charge in [-0.25, -0.2) is 19.6 Å². The number of nitrogens with zero attached hydrogens (tertiary/aromatic N) is 7. The van der Waals surface area contributed by atoms with Crippen molar-refractivity contribution in [3.63, 3.8) is 0 Å². The monoisotopic (exact) mass is 1090 g/mol. The van der Waals surface area contributed by atoms with Crippen molar-refractivity contribution in [2.75, 3.05) is 45.4 Å². The van der Waals surface area contributed by atoms with Crippen LogP contribution in [0.4, 0.5) is 15.3 Å². The van der Waals surface area contributed by atoms with Crippen LogP contribution in [0.5, 0.6) is 0 Å². The maximum atomic E-state index is 13.8. The summed E-state index contributed by atoms with van der Waals surface area (Å²) in [6, 6.07) is 22.9. The SMILES string of the molecule is CO[C@H]1[C@H](OC)[C@H](c2ccc3nc(C4CCCN4C(=O)OC(C)(C)C)n(COCC[Si](C)(C)C)c3c2)N(c2ccc(C(C)(C)C)cc2)[C@H]1c1ccc2c(c1)nc(C1CCCN1C(=O)OC(C)(C)C)n2COCC[Si](C)(C)C. The van der Waals surface area contributed by atoms with E-state index in [2.05, 4.69) is 135 Å². The smallest absolute Gasteiger partial charge is 0.410 e. The van der Waals surface area contributed by atoms with Crippen LogP contribution in [-0.2, 0) is 47.3 Å². The molecule has 3 fully saturated rings. The number of aromatic nitrogens is 4. The Labute approximate surface area is 461 Å². The second-order valence-electron chi connectivity index (χ2n) is 27.1. The van der Waals surface area contributed by atoms with Crippen LogP contribution in [0.3, 0.4) is 0 Å². The van der Waals surface area contributed by atoms with Crippen LogP contribution in [0.15, 0.2) is 60.7 Å². The molecule has 2 aromatic heterocycles. The van der Waals surface area contributed by atoms with Gasteiger partial charge in [0, 0.05) is 62.4 Å². The van der Waals surface area contributed by atoms with E-state index < -0.39 is 39.6 Å². The van der Waals surface area contributed by atoms with Gasteiger partial charge in [-0.3, -0.25) is 9.80 Å². The van der Waals surface area contributed by atoms with E-state index >= 15 is 0 Å². The molecule has 3 aromatic carbocycles. The molecule has 6 atom stereocenters. The van der Waals surface area contributed by atoms with Gasteiger partial charge in [-0.15, -0.1) is 0 Å². The molecule has 0 spiro atoms. The number of amides is 2. The number of hydrogen-bond acceptors (Lipinski definition) is 11. The third-order valence-corrected chi connectivity index (χ3v) is 18.6. The van der Waals surface area contributed by atoms with E-state index in [1.807, 2.05) is 51.3 Å². The van der Waals surface area contributed by atoms with Gasteiger partial charge in [0.25, 0.3) is 0 Å². The molecule has 0 N–H and O–H groups in total. The molecule has 3 aliphatic rings. The Balaban J connectivity index is 1.26. The van der Waals surface area contributed by atoms with E-state index in [0.29, 0.717) is 39.8 Å². The Bertz CT molecular complexity index is 2850. The molecule has 5 aromatic rings. The van der Waals surface area contributed by atoms with Crippen LogP contribution in [0.25, 0.3) is 22.1 Å². The van der Waals surface area contributed by atoms with Gasteiger partial charge in [-0.2, -0.15) is 0 Å². The van der Waals surface area contributed by atoms with Crippen molar-refractivity contribution < 1.29 is 38.0 Å². The Kier molecular flexibility index (Phi) is 17.2. The molecule has 2 unspecified atom stereocenters. The maximum Gasteiger partial charge on any atom is 0.410 e. The molecule has 8 rings (SSSR count). The van der Waals surface area contributed by atoms with Gasteiger partial charge in [0.1, 0.15) is 48.5 Å². The van der Waals surface area contributed by atoms with E-state index in [0.717, 1.165) is 88.3 Å². The van der Waals surface area contributed by atoms with Crippen molar-refractivity contribution in [1.29, 1.82) is 0 Å². The van der Waals surface area contributed by atoms with Gasteiger partial charge in [0.15, 0.2) is 0 Å². The number of carbonyl (C=O) groups is 2. The predicted molar refractivity (Wildman–Crippen MR) is 312 cm³/mol. The van der Waals surface area contributed by atoms with Gasteiger partial charge in [-0.05, 0) is 138 Å². The summed E-state index contributed by atoms with van der Waals surface area (Å²) < 4.78 is 42.6. The minimum Gasteiger partial charge on any atom is -0.444 e. The fourth-order valence-electron chi connectivity index (χ4n) is 11.2. The van der Waals surface area contributed by atoms with Crippen molar-refractivity contribution in [1.82, 2.24) is 28.9 Å². The number of hydrogen-bond donors (Lipinski definition) is 0. The molecule has 422 valence electrons. The highest BCUT2D eigenvalue weighted by molar-refractivity contribution is 6.76. The highest BCUT2D eigenvalue weighted by Gasteiger charge is 2.52. The summed E-state index contributed by atoms with van der Waals surface area (Å²) in [5.74, 6) is 1.59. The maximum absolute atomic E-state index is 13.8. The summed E-state index contributed by atoms with van der Waals surface area (Å²) in [5.41, 5.74) is 6.51. The molecule has 3 saturated heterocycles. The van der Waals surface area contributed by atoms with Crippen LogP contribution >= 0.6 is 0 Å². The molecular weight excluding hydrogens is 1000 g/mol. The van der Waals surface area contributed by atoms with Crippen LogP contribution < -0.4 is 4.90 Å². The van der Waals surface area contributed by atoms with Gasteiger partial charge in [0.2, 0.25) is 0 Å². The lowest BCUT2D eigenvalue weighted by Gasteiger charge is -2.34. The van der Waals surface area contributed by atoms with Gasteiger partial charge < -0.3 is 42.5 Å². The highest BCUT2D eigenvalue weighted by atomic mass is 28.3. The third kappa shape index (κ3) is 13.5. The van der Waals surface area contributed by atoms with E-state index in [-0.39, 0.29) is 41.8 Å². The number of rotatable bonds is 17. The zero-order valence-corrected chi connectivity index (χ0v) is 51.6. The van der Waals surface area contributed by atoms with Gasteiger partial charge in [0.05, 0.1) is 46.2 Å². The van der Waals surface area contributed by atoms with E-state index in [9.17, 15) is 9.59 Å². The second kappa shape index (κ2) is 22.8. The number of carbonyl (C=O) groups excluding carboxylic acids is 2. The van der Waals surface area contributed by atoms with Crippen LogP contribution in [0.2, 0.25) is 51.4 Å². The van der Waals surface area contributed by atoms with Crippen molar-refractivity contribution in [3.8, 4) is 0 Å². The molecule has 15 nitrogen and oxygen atoms in total. The first kappa shape index (κ1) is 58.4. The first-order chi connectivity index (χ1) is 36.1. The average molecular weight is 1090 g/mol. The Morgan fingerprint density at radius 3 is 1.49 bits per heavy atom. The topological polar surface area (TPSA) is 135 Å². The molecule has 2 amide bonds. The molecule has 3 aliphatic heterocycles. The summed E-state index contributed by atoms with van der Waals surface area (Å²) >= 11 is 0. The summed E-state index contributed by atoms with van der Waals surface area (Å²) in [6.45, 7) is 35.4. The number of methoxy groups -OCH3 is 2. The Morgan fingerprint density at radius 2 is 1.04 bits per heavy atom. The van der Waals surface area contributed by atoms with Gasteiger partial charge >= 0.3 is 12.2 Å². The third-order valence-electron chi connectivity index (χ3n) is 15.2. The standard InChI is InChI=1S/C60H91N7O8Si2/c1-58(2,3)42-24-26-43(27-25-42)67-50(40-23-29-46-45(36-40)62-55(65(46)38-72-32-34-76(12,13)14)48-21-19-31-64(48)57(69)75-60(7,8)9)52(70-10)53(71-11)51(67)41-22-28-44-49(37-41)66(39-73-33-35-77(15,16)17)54(61-44)47-20-18-30-63(47)56(68)74-59(4,5)6/h22-29,36-37,47-48,50-53H,18-21,30-35,38-39H2,1-17H3/t47?,48?,50-,51-,52+,53+/m0/s1. The number of anilines is 1. The first-order valence-corrected chi connectivity index (χ1v) is 35.6. The molecule has 0 radical (unpaired) electrons. The number of benzene rings is 3. The van der Waals surface area contributed by atoms with Gasteiger partial charge in [-0.1, -0.05) is 84.3 Å². The number of fused-ring (bicyclic) bond motifs is 2. The van der Waals surface area contributed by atoms with E-state index in [4.69, 9.17) is 38.4 Å². The molecule has 0 bridgehead atoms. The fraction of sp³-hybridized carbons (Fsp3) is 0.633. The fourth-order valence-corrected chi connectivity index (χ4v) is 12.7. The van der Waals surface area contributed by atoms with E-state index in [1.165, 1.54) is 5.56 Å².